The minimum atomic E-state index is 0.0600. The summed E-state index contributed by atoms with van der Waals surface area (Å²) in [5.74, 6) is 0.685. The van der Waals surface area contributed by atoms with Gasteiger partial charge in [-0.25, -0.2) is 0 Å². The van der Waals surface area contributed by atoms with Crippen LogP contribution in [0.15, 0.2) is 46.9 Å². The Morgan fingerprint density at radius 1 is 1.20 bits per heavy atom. The molecule has 0 fully saturated rings. The van der Waals surface area contributed by atoms with Gasteiger partial charge >= 0.3 is 0 Å². The first-order chi connectivity index (χ1) is 9.69. The van der Waals surface area contributed by atoms with E-state index in [9.17, 15) is 0 Å². The minimum Gasteiger partial charge on any atom is -0.479 e. The monoisotopic (exact) mass is 350 g/mol. The molecule has 2 rings (SSSR count). The van der Waals surface area contributed by atoms with Crippen LogP contribution in [0.1, 0.15) is 5.56 Å². The lowest BCUT2D eigenvalue weighted by atomic mass is 10.2. The van der Waals surface area contributed by atoms with Crippen molar-refractivity contribution in [2.75, 3.05) is 11.9 Å². The zero-order chi connectivity index (χ0) is 14.4. The van der Waals surface area contributed by atoms with Crippen molar-refractivity contribution in [1.82, 2.24) is 0 Å². The molecule has 1 N–H and O–H groups in total. The number of halogens is 2. The second-order valence-electron chi connectivity index (χ2n) is 4.06. The van der Waals surface area contributed by atoms with Gasteiger partial charge in [0, 0.05) is 21.7 Å². The molecule has 20 heavy (non-hydrogen) atoms. The highest BCUT2D eigenvalue weighted by Crippen LogP contribution is 2.23. The molecule has 3 nitrogen and oxygen atoms in total. The van der Waals surface area contributed by atoms with Gasteiger partial charge in [0.1, 0.15) is 11.8 Å². The van der Waals surface area contributed by atoms with Gasteiger partial charge in [0.2, 0.25) is 0 Å². The second-order valence-corrected chi connectivity index (χ2v) is 5.35. The van der Waals surface area contributed by atoms with Crippen LogP contribution in [0.5, 0.6) is 5.75 Å². The molecule has 2 aromatic rings. The van der Waals surface area contributed by atoms with E-state index in [-0.39, 0.29) is 6.61 Å². The van der Waals surface area contributed by atoms with E-state index in [0.717, 1.165) is 15.7 Å². The molecule has 0 saturated heterocycles. The maximum absolute atomic E-state index is 8.44. The molecule has 5 heteroatoms. The number of ether oxygens (including phenoxy) is 1. The van der Waals surface area contributed by atoms with Crippen LogP contribution in [0.2, 0.25) is 5.02 Å². The van der Waals surface area contributed by atoms with Crippen molar-refractivity contribution < 1.29 is 4.74 Å². The molecule has 0 atom stereocenters. The Hall–Kier alpha value is -1.70. The van der Waals surface area contributed by atoms with E-state index in [4.69, 9.17) is 21.6 Å². The molecule has 0 saturated carbocycles. The lowest BCUT2D eigenvalue weighted by molar-refractivity contribution is 0.368. The fourth-order valence-electron chi connectivity index (χ4n) is 1.65. The van der Waals surface area contributed by atoms with Gasteiger partial charge in [-0.05, 0) is 42.0 Å². The zero-order valence-electron chi connectivity index (χ0n) is 10.6. The van der Waals surface area contributed by atoms with Crippen molar-refractivity contribution in [3.63, 3.8) is 0 Å². The first-order valence-electron chi connectivity index (χ1n) is 5.96. The third kappa shape index (κ3) is 4.16. The lowest BCUT2D eigenvalue weighted by Gasteiger charge is -2.09. The Bertz CT molecular complexity index is 623. The number of hydrogen-bond acceptors (Lipinski definition) is 3. The van der Waals surface area contributed by atoms with Gasteiger partial charge in [-0.2, -0.15) is 5.26 Å². The Kier molecular flexibility index (Phi) is 5.28. The molecule has 0 aliphatic rings. The average molecular weight is 352 g/mol. The quantitative estimate of drug-likeness (QED) is 0.855. The zero-order valence-corrected chi connectivity index (χ0v) is 12.9. The Morgan fingerprint density at radius 2 is 1.95 bits per heavy atom. The smallest absolute Gasteiger partial charge is 0.174 e. The highest BCUT2D eigenvalue weighted by atomic mass is 79.9. The highest BCUT2D eigenvalue weighted by molar-refractivity contribution is 9.10. The van der Waals surface area contributed by atoms with Crippen LogP contribution in [0.4, 0.5) is 5.69 Å². The number of hydrogen-bond donors (Lipinski definition) is 1. The maximum Gasteiger partial charge on any atom is 0.174 e. The third-order valence-electron chi connectivity index (χ3n) is 2.66. The van der Waals surface area contributed by atoms with Gasteiger partial charge in [-0.3, -0.25) is 0 Å². The van der Waals surface area contributed by atoms with Gasteiger partial charge in [0.15, 0.2) is 6.61 Å². The first kappa shape index (κ1) is 14.7. The van der Waals surface area contributed by atoms with Crippen LogP contribution in [-0.4, -0.2) is 6.61 Å². The number of nitrogens with one attached hydrogen (secondary N) is 1. The molecule has 0 radical (unpaired) electrons. The van der Waals surface area contributed by atoms with Gasteiger partial charge in [-0.15, -0.1) is 0 Å². The number of benzene rings is 2. The van der Waals surface area contributed by atoms with E-state index in [2.05, 4.69) is 21.2 Å². The molecule has 0 bridgehead atoms. The molecule has 0 spiro atoms. The topological polar surface area (TPSA) is 45.0 Å². The number of nitriles is 1. The van der Waals surface area contributed by atoms with Crippen molar-refractivity contribution in [1.29, 1.82) is 5.26 Å². The summed E-state index contributed by atoms with van der Waals surface area (Å²) in [4.78, 5) is 0. The van der Waals surface area contributed by atoms with Crippen molar-refractivity contribution in [2.45, 2.75) is 6.54 Å². The molecule has 0 amide bonds. The second kappa shape index (κ2) is 7.18. The number of anilines is 1. The van der Waals surface area contributed by atoms with Crippen LogP contribution >= 0.6 is 27.5 Å². The SMILES string of the molecule is N#CCOc1ccc(NCc2ccc(Cl)cc2Br)cc1. The van der Waals surface area contributed by atoms with Gasteiger partial charge in [0.25, 0.3) is 0 Å². The molecule has 0 aromatic heterocycles. The summed E-state index contributed by atoms with van der Waals surface area (Å²) in [7, 11) is 0. The standard InChI is InChI=1S/C15H12BrClN2O/c16-15-9-12(17)2-1-11(15)10-19-13-3-5-14(6-4-13)20-8-7-18/h1-6,9,19H,8,10H2. The predicted molar refractivity (Wildman–Crippen MR) is 84.0 cm³/mol. The summed E-state index contributed by atoms with van der Waals surface area (Å²) < 4.78 is 6.17. The van der Waals surface area contributed by atoms with Crippen LogP contribution in [0.3, 0.4) is 0 Å². The predicted octanol–water partition coefficient (Wildman–Crippen LogP) is 4.62. The highest BCUT2D eigenvalue weighted by Gasteiger charge is 2.01. The summed E-state index contributed by atoms with van der Waals surface area (Å²) in [6.45, 7) is 0.751. The van der Waals surface area contributed by atoms with E-state index in [0.29, 0.717) is 17.3 Å². The summed E-state index contributed by atoms with van der Waals surface area (Å²) in [6.07, 6.45) is 0. The van der Waals surface area contributed by atoms with E-state index in [1.165, 1.54) is 0 Å². The number of rotatable bonds is 5. The van der Waals surface area contributed by atoms with E-state index >= 15 is 0 Å². The van der Waals surface area contributed by atoms with Crippen LogP contribution in [0, 0.1) is 11.3 Å². The van der Waals surface area contributed by atoms with Gasteiger partial charge in [-0.1, -0.05) is 33.6 Å². The van der Waals surface area contributed by atoms with Crippen molar-refractivity contribution in [2.24, 2.45) is 0 Å². The summed E-state index contributed by atoms with van der Waals surface area (Å²) >= 11 is 9.39. The van der Waals surface area contributed by atoms with E-state index in [1.807, 2.05) is 48.5 Å². The minimum absolute atomic E-state index is 0.0600. The average Bonchev–Trinajstić information content (AvgIpc) is 2.45. The lowest BCUT2D eigenvalue weighted by Crippen LogP contribution is -2.00. The van der Waals surface area contributed by atoms with Crippen LogP contribution in [0.25, 0.3) is 0 Å². The first-order valence-corrected chi connectivity index (χ1v) is 7.14. The largest absolute Gasteiger partial charge is 0.479 e. The van der Waals surface area contributed by atoms with Crippen molar-refractivity contribution >= 4 is 33.2 Å². The molecule has 0 aliphatic carbocycles. The molecule has 0 heterocycles. The fourth-order valence-corrected chi connectivity index (χ4v) is 2.47. The number of nitrogens with zero attached hydrogens (tertiary/aromatic N) is 1. The van der Waals surface area contributed by atoms with E-state index in [1.54, 1.807) is 0 Å². The normalized spacial score (nSPS) is 9.85. The van der Waals surface area contributed by atoms with Crippen LogP contribution < -0.4 is 10.1 Å². The van der Waals surface area contributed by atoms with Gasteiger partial charge < -0.3 is 10.1 Å². The van der Waals surface area contributed by atoms with Crippen molar-refractivity contribution in [3.05, 3.63) is 57.5 Å². The molecule has 2 aromatic carbocycles. The van der Waals surface area contributed by atoms with Crippen LogP contribution in [-0.2, 0) is 6.54 Å². The van der Waals surface area contributed by atoms with E-state index < -0.39 is 0 Å². The Labute approximate surface area is 131 Å². The summed E-state index contributed by atoms with van der Waals surface area (Å²) in [5, 5.41) is 12.5. The summed E-state index contributed by atoms with van der Waals surface area (Å²) in [6, 6.07) is 15.1. The molecular weight excluding hydrogens is 340 g/mol. The maximum atomic E-state index is 8.44. The molecular formula is C15H12BrClN2O. The van der Waals surface area contributed by atoms with Crippen molar-refractivity contribution in [3.8, 4) is 11.8 Å². The molecule has 0 aliphatic heterocycles. The molecule has 0 unspecified atom stereocenters. The summed E-state index contributed by atoms with van der Waals surface area (Å²) in [5.41, 5.74) is 2.11. The van der Waals surface area contributed by atoms with Gasteiger partial charge in [0.05, 0.1) is 0 Å². The fraction of sp³-hybridized carbons (Fsp3) is 0.133. The Morgan fingerprint density at radius 3 is 2.60 bits per heavy atom. The Balaban J connectivity index is 1.95. The molecule has 102 valence electrons. The third-order valence-corrected chi connectivity index (χ3v) is 3.63.